The maximum atomic E-state index is 10.2. The maximum absolute atomic E-state index is 10.2. The SMILES string of the molecule is CCCCCCCCCCCC1OC[C@H]2O[C@H](OC)[C@H](O)[C@@H](O)[C@H]2O1. The second-order valence-electron chi connectivity index (χ2n) is 7.24. The molecule has 2 aliphatic rings. The third kappa shape index (κ3) is 6.45. The normalized spacial score (nSPS) is 35.5. The number of unbranched alkanes of at least 4 members (excludes halogenated alkanes) is 8. The first kappa shape index (κ1) is 21.1. The van der Waals surface area contributed by atoms with E-state index in [2.05, 4.69) is 6.92 Å². The van der Waals surface area contributed by atoms with Crippen LogP contribution >= 0.6 is 0 Å². The lowest BCUT2D eigenvalue weighted by molar-refractivity contribution is -0.356. The van der Waals surface area contributed by atoms with E-state index < -0.39 is 30.7 Å². The number of hydrogen-bond donors (Lipinski definition) is 2. The summed E-state index contributed by atoms with van der Waals surface area (Å²) in [5, 5.41) is 20.2. The highest BCUT2D eigenvalue weighted by Crippen LogP contribution is 2.30. The van der Waals surface area contributed by atoms with Crippen molar-refractivity contribution >= 4 is 0 Å². The minimum absolute atomic E-state index is 0.324. The van der Waals surface area contributed by atoms with Gasteiger partial charge in [-0.1, -0.05) is 58.3 Å². The number of hydrogen-bond acceptors (Lipinski definition) is 6. The van der Waals surface area contributed by atoms with Gasteiger partial charge in [0.05, 0.1) is 6.61 Å². The third-order valence-electron chi connectivity index (χ3n) is 5.17. The van der Waals surface area contributed by atoms with Crippen molar-refractivity contribution in [3.05, 3.63) is 0 Å². The van der Waals surface area contributed by atoms with Crippen LogP contribution in [0.3, 0.4) is 0 Å². The molecule has 0 aliphatic carbocycles. The number of methoxy groups -OCH3 is 1. The average molecular weight is 360 g/mol. The summed E-state index contributed by atoms with van der Waals surface area (Å²) in [7, 11) is 1.44. The van der Waals surface area contributed by atoms with Crippen LogP contribution in [0.2, 0.25) is 0 Å². The lowest BCUT2D eigenvalue weighted by atomic mass is 9.98. The molecule has 2 heterocycles. The van der Waals surface area contributed by atoms with E-state index >= 15 is 0 Å². The van der Waals surface area contributed by atoms with Crippen LogP contribution in [0.25, 0.3) is 0 Å². The van der Waals surface area contributed by atoms with Gasteiger partial charge in [-0.25, -0.2) is 0 Å². The molecule has 0 amide bonds. The smallest absolute Gasteiger partial charge is 0.186 e. The van der Waals surface area contributed by atoms with E-state index in [1.54, 1.807) is 0 Å². The highest BCUT2D eigenvalue weighted by molar-refractivity contribution is 4.92. The molecule has 6 nitrogen and oxygen atoms in total. The van der Waals surface area contributed by atoms with Crippen LogP contribution in [0.4, 0.5) is 0 Å². The Hall–Kier alpha value is -0.240. The van der Waals surface area contributed by atoms with Gasteiger partial charge in [-0.15, -0.1) is 0 Å². The molecule has 2 N–H and O–H groups in total. The zero-order valence-electron chi connectivity index (χ0n) is 15.8. The predicted molar refractivity (Wildman–Crippen MR) is 94.1 cm³/mol. The fourth-order valence-corrected chi connectivity index (χ4v) is 3.59. The quantitative estimate of drug-likeness (QED) is 0.552. The van der Waals surface area contributed by atoms with E-state index in [1.807, 2.05) is 0 Å². The van der Waals surface area contributed by atoms with Gasteiger partial charge in [-0.2, -0.15) is 0 Å². The summed E-state index contributed by atoms with van der Waals surface area (Å²) in [6.45, 7) is 2.60. The summed E-state index contributed by atoms with van der Waals surface area (Å²) >= 11 is 0. The molecule has 2 rings (SSSR count). The molecule has 2 fully saturated rings. The summed E-state index contributed by atoms with van der Waals surface area (Å²) in [6, 6.07) is 0. The molecule has 6 heteroatoms. The minimum Gasteiger partial charge on any atom is -0.387 e. The van der Waals surface area contributed by atoms with Crippen molar-refractivity contribution in [3.63, 3.8) is 0 Å². The highest BCUT2D eigenvalue weighted by atomic mass is 16.7. The van der Waals surface area contributed by atoms with Crippen LogP contribution in [0.15, 0.2) is 0 Å². The zero-order chi connectivity index (χ0) is 18.1. The molecule has 0 spiro atoms. The Morgan fingerprint density at radius 2 is 1.52 bits per heavy atom. The van der Waals surface area contributed by atoms with Gasteiger partial charge >= 0.3 is 0 Å². The number of rotatable bonds is 11. The van der Waals surface area contributed by atoms with Gasteiger partial charge in [0.2, 0.25) is 0 Å². The zero-order valence-corrected chi connectivity index (χ0v) is 15.8. The Labute approximate surface area is 151 Å². The van der Waals surface area contributed by atoms with E-state index in [4.69, 9.17) is 18.9 Å². The topological polar surface area (TPSA) is 77.4 Å². The van der Waals surface area contributed by atoms with Crippen molar-refractivity contribution in [1.82, 2.24) is 0 Å². The first-order valence-corrected chi connectivity index (χ1v) is 9.98. The molecule has 0 saturated carbocycles. The Bertz CT molecular complexity index is 351. The lowest BCUT2D eigenvalue weighted by Crippen LogP contribution is -2.63. The summed E-state index contributed by atoms with van der Waals surface area (Å²) in [5.74, 6) is 0. The van der Waals surface area contributed by atoms with Gasteiger partial charge < -0.3 is 29.2 Å². The summed E-state index contributed by atoms with van der Waals surface area (Å²) in [5.41, 5.74) is 0. The van der Waals surface area contributed by atoms with E-state index in [9.17, 15) is 10.2 Å². The standard InChI is InChI=1S/C19H36O6/c1-3-4-5-6-7-8-9-10-11-12-15-23-13-14-18(25-15)16(20)17(21)19(22-2)24-14/h14-21H,3-13H2,1-2H3/t14-,15?,16-,17-,18+,19+/m1/s1. The molecule has 0 bridgehead atoms. The molecule has 148 valence electrons. The average Bonchev–Trinajstić information content (AvgIpc) is 2.63. The van der Waals surface area contributed by atoms with Crippen molar-refractivity contribution in [3.8, 4) is 0 Å². The second-order valence-corrected chi connectivity index (χ2v) is 7.24. The van der Waals surface area contributed by atoms with E-state index in [-0.39, 0.29) is 6.29 Å². The van der Waals surface area contributed by atoms with E-state index in [1.165, 1.54) is 58.5 Å². The van der Waals surface area contributed by atoms with Gasteiger partial charge in [0, 0.05) is 7.11 Å². The monoisotopic (exact) mass is 360 g/mol. The predicted octanol–water partition coefficient (Wildman–Crippen LogP) is 2.74. The second kappa shape index (κ2) is 11.5. The van der Waals surface area contributed by atoms with Crippen molar-refractivity contribution in [2.75, 3.05) is 13.7 Å². The molecular weight excluding hydrogens is 324 g/mol. The molecule has 0 aromatic heterocycles. The van der Waals surface area contributed by atoms with Crippen molar-refractivity contribution in [2.24, 2.45) is 0 Å². The number of ether oxygens (including phenoxy) is 4. The fourth-order valence-electron chi connectivity index (χ4n) is 3.59. The van der Waals surface area contributed by atoms with Crippen LogP contribution in [0.5, 0.6) is 0 Å². The molecular formula is C19H36O6. The van der Waals surface area contributed by atoms with Crippen LogP contribution in [0.1, 0.15) is 71.1 Å². The molecule has 2 aliphatic heterocycles. The Kier molecular flexibility index (Phi) is 9.66. The molecule has 1 unspecified atom stereocenters. The molecule has 0 aromatic carbocycles. The molecule has 2 saturated heterocycles. The van der Waals surface area contributed by atoms with Gasteiger partial charge in [-0.3, -0.25) is 0 Å². The fraction of sp³-hybridized carbons (Fsp3) is 1.00. The summed E-state index contributed by atoms with van der Waals surface area (Å²) < 4.78 is 22.2. The minimum atomic E-state index is -1.10. The van der Waals surface area contributed by atoms with Crippen LogP contribution in [-0.4, -0.2) is 60.9 Å². The first-order chi connectivity index (χ1) is 12.2. The van der Waals surface area contributed by atoms with E-state index in [0.717, 1.165) is 12.8 Å². The van der Waals surface area contributed by atoms with Crippen molar-refractivity contribution in [1.29, 1.82) is 0 Å². The van der Waals surface area contributed by atoms with Gasteiger partial charge in [0.15, 0.2) is 12.6 Å². The number of aliphatic hydroxyl groups excluding tert-OH is 2. The summed E-state index contributed by atoms with van der Waals surface area (Å²) in [4.78, 5) is 0. The van der Waals surface area contributed by atoms with Crippen LogP contribution in [0, 0.1) is 0 Å². The van der Waals surface area contributed by atoms with Gasteiger partial charge in [0.25, 0.3) is 0 Å². The Morgan fingerprint density at radius 3 is 2.16 bits per heavy atom. The molecule has 0 aromatic rings. The highest BCUT2D eigenvalue weighted by Gasteiger charge is 2.48. The van der Waals surface area contributed by atoms with Crippen LogP contribution in [-0.2, 0) is 18.9 Å². The van der Waals surface area contributed by atoms with E-state index in [0.29, 0.717) is 6.61 Å². The molecule has 25 heavy (non-hydrogen) atoms. The largest absolute Gasteiger partial charge is 0.387 e. The number of aliphatic hydroxyl groups is 2. The van der Waals surface area contributed by atoms with Crippen molar-refractivity contribution < 1.29 is 29.2 Å². The maximum Gasteiger partial charge on any atom is 0.186 e. The first-order valence-electron chi connectivity index (χ1n) is 9.98. The van der Waals surface area contributed by atoms with Crippen molar-refractivity contribution in [2.45, 2.75) is 108 Å². The summed E-state index contributed by atoms with van der Waals surface area (Å²) in [6.07, 6.45) is 8.08. The number of fused-ring (bicyclic) bond motifs is 1. The Morgan fingerprint density at radius 1 is 0.880 bits per heavy atom. The van der Waals surface area contributed by atoms with Gasteiger partial charge in [-0.05, 0) is 12.8 Å². The third-order valence-corrected chi connectivity index (χ3v) is 5.17. The molecule has 6 atom stereocenters. The molecule has 0 radical (unpaired) electrons. The van der Waals surface area contributed by atoms with Crippen LogP contribution < -0.4 is 0 Å². The Balaban J connectivity index is 1.58. The van der Waals surface area contributed by atoms with Gasteiger partial charge in [0.1, 0.15) is 24.4 Å². The lowest BCUT2D eigenvalue weighted by Gasteiger charge is -2.45.